The minimum atomic E-state index is -1.60. The van der Waals surface area contributed by atoms with Gasteiger partial charge in [0, 0.05) is 11.7 Å². The first-order valence-corrected chi connectivity index (χ1v) is 12.1. The second-order valence-electron chi connectivity index (χ2n) is 10.7. The van der Waals surface area contributed by atoms with Crippen LogP contribution in [0.25, 0.3) is 0 Å². The van der Waals surface area contributed by atoms with Gasteiger partial charge < -0.3 is 19.5 Å². The third-order valence-corrected chi connectivity index (χ3v) is 5.04. The molecule has 36 heavy (non-hydrogen) atoms. The molecule has 0 bridgehead atoms. The predicted octanol–water partition coefficient (Wildman–Crippen LogP) is 4.68. The zero-order valence-electron chi connectivity index (χ0n) is 23.2. The van der Waals surface area contributed by atoms with Gasteiger partial charge in [-0.05, 0) is 74.8 Å². The van der Waals surface area contributed by atoms with Gasteiger partial charge in [-0.2, -0.15) is 0 Å². The highest BCUT2D eigenvalue weighted by molar-refractivity contribution is 6.06. The third kappa shape index (κ3) is 9.47. The van der Waals surface area contributed by atoms with E-state index in [4.69, 9.17) is 14.2 Å². The fourth-order valence-corrected chi connectivity index (χ4v) is 3.63. The number of allylic oxidation sites excluding steroid dienone is 1. The molecule has 0 aromatic heterocycles. The monoisotopic (exact) mass is 503 g/mol. The second kappa shape index (κ2) is 12.7. The molecule has 0 radical (unpaired) electrons. The lowest BCUT2D eigenvalue weighted by atomic mass is 9.81. The Morgan fingerprint density at radius 2 is 1.36 bits per heavy atom. The number of benzene rings is 1. The van der Waals surface area contributed by atoms with Crippen LogP contribution in [0.3, 0.4) is 0 Å². The molecule has 0 heterocycles. The molecule has 0 amide bonds. The number of carbonyl (C=O) groups excluding carboxylic acids is 4. The van der Waals surface area contributed by atoms with Gasteiger partial charge in [-0.25, -0.2) is 4.79 Å². The van der Waals surface area contributed by atoms with E-state index in [0.717, 1.165) is 5.56 Å². The summed E-state index contributed by atoms with van der Waals surface area (Å²) in [6, 6.07) is 9.23. The summed E-state index contributed by atoms with van der Waals surface area (Å²) >= 11 is 0. The number of nitrogens with one attached hydrogen (secondary N) is 1. The normalized spacial score (nSPS) is 15.1. The Morgan fingerprint density at radius 1 is 0.833 bits per heavy atom. The molecule has 0 aliphatic heterocycles. The van der Waals surface area contributed by atoms with Crippen molar-refractivity contribution in [1.29, 1.82) is 0 Å². The van der Waals surface area contributed by atoms with Crippen LogP contribution >= 0.6 is 0 Å². The van der Waals surface area contributed by atoms with E-state index in [1.807, 2.05) is 37.3 Å². The third-order valence-electron chi connectivity index (χ3n) is 5.04. The number of hydrogen-bond acceptors (Lipinski definition) is 8. The molecule has 0 saturated carbocycles. The van der Waals surface area contributed by atoms with Crippen LogP contribution in [0.2, 0.25) is 0 Å². The SMILES string of the molecule is CCOC(=O)[C@@H](/C(C(=O)OC(C)(C)C)=C(\C)N[C@@H](C)c1ccccc1)[C@@H](C(C)=O)C(=O)OC(C)(C)C. The average molecular weight is 504 g/mol. The van der Waals surface area contributed by atoms with Gasteiger partial charge in [0.15, 0.2) is 0 Å². The molecule has 0 saturated heterocycles. The summed E-state index contributed by atoms with van der Waals surface area (Å²) in [7, 11) is 0. The molecule has 0 spiro atoms. The molecule has 1 rings (SSSR count). The predicted molar refractivity (Wildman–Crippen MR) is 137 cm³/mol. The number of rotatable bonds is 10. The largest absolute Gasteiger partial charge is 0.465 e. The fraction of sp³-hybridized carbons (Fsp3) is 0.571. The van der Waals surface area contributed by atoms with E-state index in [9.17, 15) is 19.2 Å². The summed E-state index contributed by atoms with van der Waals surface area (Å²) in [6.07, 6.45) is 0. The van der Waals surface area contributed by atoms with Gasteiger partial charge in [-0.1, -0.05) is 30.3 Å². The Labute approximate surface area is 214 Å². The lowest BCUT2D eigenvalue weighted by Gasteiger charge is -2.30. The average Bonchev–Trinajstić information content (AvgIpc) is 2.71. The minimum Gasteiger partial charge on any atom is -0.465 e. The van der Waals surface area contributed by atoms with Crippen LogP contribution in [-0.4, -0.2) is 41.5 Å². The van der Waals surface area contributed by atoms with Crippen molar-refractivity contribution in [1.82, 2.24) is 5.32 Å². The molecule has 1 aromatic rings. The molecule has 1 aromatic carbocycles. The summed E-state index contributed by atoms with van der Waals surface area (Å²) in [5.74, 6) is -6.44. The molecule has 8 nitrogen and oxygen atoms in total. The summed E-state index contributed by atoms with van der Waals surface area (Å²) in [5.41, 5.74) is -0.756. The maximum Gasteiger partial charge on any atom is 0.337 e. The number of ether oxygens (including phenoxy) is 3. The van der Waals surface area contributed by atoms with E-state index in [0.29, 0.717) is 0 Å². The summed E-state index contributed by atoms with van der Waals surface area (Å²) in [4.78, 5) is 52.8. The van der Waals surface area contributed by atoms with Crippen LogP contribution in [0, 0.1) is 11.8 Å². The molecule has 1 N–H and O–H groups in total. The Balaban J connectivity index is 3.76. The van der Waals surface area contributed by atoms with Crippen LogP contribution < -0.4 is 5.32 Å². The van der Waals surface area contributed by atoms with E-state index in [1.54, 1.807) is 55.4 Å². The molecule has 200 valence electrons. The Kier molecular flexibility index (Phi) is 10.9. The number of Topliss-reactive ketones (excluding diaryl/α,β-unsaturated/α-hetero) is 1. The molecule has 0 unspecified atom stereocenters. The Hall–Kier alpha value is -3.16. The molecular formula is C28H41NO7. The van der Waals surface area contributed by atoms with Crippen molar-refractivity contribution in [3.05, 3.63) is 47.2 Å². The van der Waals surface area contributed by atoms with Gasteiger partial charge in [0.05, 0.1) is 12.2 Å². The Morgan fingerprint density at radius 3 is 1.81 bits per heavy atom. The highest BCUT2D eigenvalue weighted by atomic mass is 16.6. The zero-order valence-corrected chi connectivity index (χ0v) is 23.2. The smallest absolute Gasteiger partial charge is 0.337 e. The van der Waals surface area contributed by atoms with Crippen molar-refractivity contribution in [3.8, 4) is 0 Å². The maximum atomic E-state index is 13.5. The van der Waals surface area contributed by atoms with Crippen molar-refractivity contribution in [2.75, 3.05) is 6.61 Å². The van der Waals surface area contributed by atoms with Crippen LogP contribution in [0.5, 0.6) is 0 Å². The quantitative estimate of drug-likeness (QED) is 0.212. The molecule has 0 aliphatic rings. The van der Waals surface area contributed by atoms with Crippen LogP contribution in [0.1, 0.15) is 80.8 Å². The highest BCUT2D eigenvalue weighted by Crippen LogP contribution is 2.31. The lowest BCUT2D eigenvalue weighted by molar-refractivity contribution is -0.170. The van der Waals surface area contributed by atoms with Gasteiger partial charge in [0.2, 0.25) is 0 Å². The minimum absolute atomic E-state index is 0.0111. The first-order chi connectivity index (χ1) is 16.5. The van der Waals surface area contributed by atoms with Crippen molar-refractivity contribution < 1.29 is 33.4 Å². The first-order valence-electron chi connectivity index (χ1n) is 12.1. The number of esters is 3. The fourth-order valence-electron chi connectivity index (χ4n) is 3.63. The van der Waals surface area contributed by atoms with E-state index in [-0.39, 0.29) is 23.9 Å². The standard InChI is InChI=1S/C28H41NO7/c1-11-34-24(31)23(22(19(4)30)26(33)36-28(8,9)10)21(25(32)35-27(5,6)7)18(3)29-17(2)20-15-13-12-14-16-20/h12-17,22-23,29H,11H2,1-10H3/b21-18-/t17-,22+,23-/m0/s1. The zero-order chi connectivity index (χ0) is 27.8. The van der Waals surface area contributed by atoms with Gasteiger partial charge in [0.25, 0.3) is 0 Å². The molecule has 0 aliphatic carbocycles. The molecular weight excluding hydrogens is 462 g/mol. The van der Waals surface area contributed by atoms with Crippen molar-refractivity contribution in [2.45, 2.75) is 86.5 Å². The van der Waals surface area contributed by atoms with E-state index in [1.165, 1.54) is 6.92 Å². The van der Waals surface area contributed by atoms with Crippen LogP contribution in [-0.2, 0) is 33.4 Å². The van der Waals surface area contributed by atoms with Crippen molar-refractivity contribution in [3.63, 3.8) is 0 Å². The van der Waals surface area contributed by atoms with Crippen LogP contribution in [0.4, 0.5) is 0 Å². The van der Waals surface area contributed by atoms with Gasteiger partial charge in [-0.15, -0.1) is 0 Å². The van der Waals surface area contributed by atoms with E-state index < -0.39 is 46.7 Å². The molecule has 3 atom stereocenters. The van der Waals surface area contributed by atoms with Crippen LogP contribution in [0.15, 0.2) is 41.6 Å². The Bertz CT molecular complexity index is 968. The molecule has 0 fully saturated rings. The van der Waals surface area contributed by atoms with Gasteiger partial charge in [-0.3, -0.25) is 14.4 Å². The topological polar surface area (TPSA) is 108 Å². The van der Waals surface area contributed by atoms with Gasteiger partial charge >= 0.3 is 17.9 Å². The van der Waals surface area contributed by atoms with Crippen molar-refractivity contribution in [2.24, 2.45) is 11.8 Å². The summed E-state index contributed by atoms with van der Waals surface area (Å²) in [6.45, 7) is 16.3. The summed E-state index contributed by atoms with van der Waals surface area (Å²) in [5, 5.41) is 3.23. The lowest BCUT2D eigenvalue weighted by Crippen LogP contribution is -2.44. The number of ketones is 1. The van der Waals surface area contributed by atoms with E-state index in [2.05, 4.69) is 5.32 Å². The maximum absolute atomic E-state index is 13.5. The van der Waals surface area contributed by atoms with Gasteiger partial charge in [0.1, 0.15) is 28.8 Å². The number of hydrogen-bond donors (Lipinski definition) is 1. The van der Waals surface area contributed by atoms with E-state index >= 15 is 0 Å². The van der Waals surface area contributed by atoms with Crippen molar-refractivity contribution >= 4 is 23.7 Å². The highest BCUT2D eigenvalue weighted by Gasteiger charge is 2.46. The summed E-state index contributed by atoms with van der Waals surface area (Å²) < 4.78 is 16.3. The number of carbonyl (C=O) groups is 4. The first kappa shape index (κ1) is 30.9. The second-order valence-corrected chi connectivity index (χ2v) is 10.7. The molecule has 8 heteroatoms.